The summed E-state index contributed by atoms with van der Waals surface area (Å²) >= 11 is 0. The molecule has 0 radical (unpaired) electrons. The van der Waals surface area contributed by atoms with Crippen molar-refractivity contribution in [1.82, 2.24) is 18.7 Å². The maximum atomic E-state index is 13.2. The molecule has 0 saturated heterocycles. The third-order valence-electron chi connectivity index (χ3n) is 4.69. The van der Waals surface area contributed by atoms with E-state index in [0.717, 1.165) is 10.1 Å². The summed E-state index contributed by atoms with van der Waals surface area (Å²) in [6, 6.07) is 9.34. The van der Waals surface area contributed by atoms with E-state index < -0.39 is 23.8 Å². The second-order valence-corrected chi connectivity index (χ2v) is 6.77. The Morgan fingerprint density at radius 2 is 1.84 bits per heavy atom. The number of aromatic nitrogens is 4. The average Bonchev–Trinajstić information content (AvgIpc) is 3.20. The summed E-state index contributed by atoms with van der Waals surface area (Å²) in [5.41, 5.74) is 0.132. The van der Waals surface area contributed by atoms with Crippen LogP contribution in [0.5, 0.6) is 0 Å². The predicted molar refractivity (Wildman–Crippen MR) is 113 cm³/mol. The molecule has 2 heterocycles. The lowest BCUT2D eigenvalue weighted by molar-refractivity contribution is -0.146. The highest BCUT2D eigenvalue weighted by Crippen LogP contribution is 2.10. The minimum atomic E-state index is -0.688. The van der Waals surface area contributed by atoms with E-state index in [4.69, 9.17) is 14.2 Å². The number of imidazole rings is 1. The zero-order valence-corrected chi connectivity index (χ0v) is 17.7. The number of ether oxygens (including phenoxy) is 3. The van der Waals surface area contributed by atoms with Crippen LogP contribution < -0.4 is 11.2 Å². The van der Waals surface area contributed by atoms with E-state index in [1.54, 1.807) is 11.7 Å². The Labute approximate surface area is 178 Å². The van der Waals surface area contributed by atoms with Gasteiger partial charge >= 0.3 is 11.7 Å². The van der Waals surface area contributed by atoms with Crippen LogP contribution in [0.3, 0.4) is 0 Å². The first kappa shape index (κ1) is 22.4. The average molecular weight is 430 g/mol. The van der Waals surface area contributed by atoms with Crippen LogP contribution in [0.25, 0.3) is 11.2 Å². The summed E-state index contributed by atoms with van der Waals surface area (Å²) < 4.78 is 19.2. The quantitative estimate of drug-likeness (QED) is 0.324. The number of nitrogens with zero attached hydrogens (tertiary/aromatic N) is 4. The number of fused-ring (bicyclic) bond motifs is 1. The lowest BCUT2D eigenvalue weighted by Crippen LogP contribution is -2.42. The lowest BCUT2D eigenvalue weighted by atomic mass is 10.2. The van der Waals surface area contributed by atoms with Crippen LogP contribution >= 0.6 is 0 Å². The number of rotatable bonds is 11. The number of esters is 1. The highest BCUT2D eigenvalue weighted by Gasteiger charge is 2.20. The molecule has 0 bridgehead atoms. The minimum Gasteiger partial charge on any atom is -0.462 e. The molecule has 10 heteroatoms. The van der Waals surface area contributed by atoms with Crippen molar-refractivity contribution in [3.05, 3.63) is 63.1 Å². The van der Waals surface area contributed by atoms with Gasteiger partial charge in [-0.05, 0) is 12.5 Å². The summed E-state index contributed by atoms with van der Waals surface area (Å²) in [5.74, 6) is -0.688. The van der Waals surface area contributed by atoms with Crippen LogP contribution in [0.4, 0.5) is 0 Å². The molecule has 31 heavy (non-hydrogen) atoms. The molecule has 0 unspecified atom stereocenters. The van der Waals surface area contributed by atoms with Crippen molar-refractivity contribution in [2.45, 2.75) is 26.6 Å². The molecule has 0 aliphatic heterocycles. The third kappa shape index (κ3) is 5.28. The normalized spacial score (nSPS) is 11.2. The van der Waals surface area contributed by atoms with E-state index in [-0.39, 0.29) is 30.9 Å². The molecule has 0 atom stereocenters. The summed E-state index contributed by atoms with van der Waals surface area (Å²) in [4.78, 5) is 42.8. The van der Waals surface area contributed by atoms with Gasteiger partial charge in [0, 0.05) is 20.3 Å². The third-order valence-corrected chi connectivity index (χ3v) is 4.69. The number of hydrogen-bond acceptors (Lipinski definition) is 7. The van der Waals surface area contributed by atoms with Crippen molar-refractivity contribution in [3.8, 4) is 0 Å². The Kier molecular flexibility index (Phi) is 7.74. The zero-order chi connectivity index (χ0) is 22.2. The molecule has 2 aromatic heterocycles. The highest BCUT2D eigenvalue weighted by atomic mass is 16.6. The summed E-state index contributed by atoms with van der Waals surface area (Å²) in [6.45, 7) is 3.08. The molecule has 0 amide bonds. The van der Waals surface area contributed by atoms with Crippen LogP contribution in [-0.2, 0) is 38.6 Å². The van der Waals surface area contributed by atoms with Crippen LogP contribution in [0.2, 0.25) is 0 Å². The van der Waals surface area contributed by atoms with Crippen LogP contribution in [0.1, 0.15) is 12.5 Å². The second-order valence-electron chi connectivity index (χ2n) is 6.77. The van der Waals surface area contributed by atoms with Crippen molar-refractivity contribution in [2.24, 2.45) is 0 Å². The van der Waals surface area contributed by atoms with Crippen LogP contribution in [0.15, 0.2) is 46.2 Å². The summed E-state index contributed by atoms with van der Waals surface area (Å²) in [7, 11) is 1.56. The van der Waals surface area contributed by atoms with Gasteiger partial charge < -0.3 is 18.8 Å². The molecule has 0 fully saturated rings. The largest absolute Gasteiger partial charge is 0.462 e. The number of hydrogen-bond donors (Lipinski definition) is 0. The van der Waals surface area contributed by atoms with Gasteiger partial charge in [-0.25, -0.2) is 14.3 Å². The highest BCUT2D eigenvalue weighted by molar-refractivity contribution is 5.72. The summed E-state index contributed by atoms with van der Waals surface area (Å²) in [6.07, 6.45) is 1.50. The lowest BCUT2D eigenvalue weighted by Gasteiger charge is -2.13. The molecule has 1 aromatic carbocycles. The Hall–Kier alpha value is -3.24. The predicted octanol–water partition coefficient (Wildman–Crippen LogP) is 0.634. The first-order valence-electron chi connectivity index (χ1n) is 10.0. The van der Waals surface area contributed by atoms with E-state index >= 15 is 0 Å². The number of carbonyl (C=O) groups is 1. The van der Waals surface area contributed by atoms with E-state index in [1.807, 2.05) is 37.3 Å². The summed E-state index contributed by atoms with van der Waals surface area (Å²) in [5, 5.41) is 0. The van der Waals surface area contributed by atoms with Gasteiger partial charge in [0.2, 0.25) is 0 Å². The minimum absolute atomic E-state index is 0.0493. The molecule has 0 aliphatic carbocycles. The van der Waals surface area contributed by atoms with Crippen molar-refractivity contribution in [3.63, 3.8) is 0 Å². The number of methoxy groups -OCH3 is 1. The fourth-order valence-electron chi connectivity index (χ4n) is 3.18. The SMILES string of the molecule is CCOCCOC(=O)Cn1c(=O)c2c(ncn2CCOC)n(Cc2ccccc2)c1=O. The second kappa shape index (κ2) is 10.7. The molecular formula is C21H26N4O6. The van der Waals surface area contributed by atoms with Gasteiger partial charge in [0.1, 0.15) is 13.2 Å². The molecular weight excluding hydrogens is 404 g/mol. The van der Waals surface area contributed by atoms with Crippen molar-refractivity contribution < 1.29 is 19.0 Å². The molecule has 3 rings (SSSR count). The topological polar surface area (TPSA) is 107 Å². The van der Waals surface area contributed by atoms with Crippen LogP contribution in [-0.4, -0.2) is 58.2 Å². The maximum Gasteiger partial charge on any atom is 0.333 e. The Morgan fingerprint density at radius 3 is 2.55 bits per heavy atom. The van der Waals surface area contributed by atoms with Gasteiger partial charge in [0.25, 0.3) is 5.56 Å². The van der Waals surface area contributed by atoms with E-state index in [1.165, 1.54) is 10.9 Å². The zero-order valence-electron chi connectivity index (χ0n) is 17.7. The molecule has 0 saturated carbocycles. The number of carbonyl (C=O) groups excluding carboxylic acids is 1. The molecule has 0 spiro atoms. The smallest absolute Gasteiger partial charge is 0.333 e. The van der Waals surface area contributed by atoms with E-state index in [0.29, 0.717) is 19.8 Å². The maximum absolute atomic E-state index is 13.2. The first-order valence-corrected chi connectivity index (χ1v) is 10.0. The Morgan fingerprint density at radius 1 is 1.06 bits per heavy atom. The molecule has 0 aliphatic rings. The fourth-order valence-corrected chi connectivity index (χ4v) is 3.18. The van der Waals surface area contributed by atoms with Gasteiger partial charge in [0.15, 0.2) is 11.2 Å². The van der Waals surface area contributed by atoms with E-state index in [9.17, 15) is 14.4 Å². The van der Waals surface area contributed by atoms with Gasteiger partial charge in [0.05, 0.1) is 26.1 Å². The molecule has 10 nitrogen and oxygen atoms in total. The molecule has 3 aromatic rings. The molecule has 0 N–H and O–H groups in total. The standard InChI is InChI=1S/C21H26N4O6/c1-3-30-11-12-31-17(26)14-25-20(27)18-19(22-15-23(18)9-10-29-2)24(21(25)28)13-16-7-5-4-6-8-16/h4-8,15H,3,9-14H2,1-2H3. The fraction of sp³-hybridized carbons (Fsp3) is 0.429. The monoisotopic (exact) mass is 430 g/mol. The Balaban J connectivity index is 2.02. The first-order chi connectivity index (χ1) is 15.1. The molecule has 166 valence electrons. The van der Waals surface area contributed by atoms with E-state index in [2.05, 4.69) is 4.98 Å². The van der Waals surface area contributed by atoms with Crippen molar-refractivity contribution in [2.75, 3.05) is 33.5 Å². The van der Waals surface area contributed by atoms with Crippen molar-refractivity contribution >= 4 is 17.1 Å². The van der Waals surface area contributed by atoms with Gasteiger partial charge in [-0.3, -0.25) is 14.2 Å². The Bertz CT molecular complexity index is 1130. The van der Waals surface area contributed by atoms with Gasteiger partial charge in [-0.2, -0.15) is 0 Å². The number of benzene rings is 1. The van der Waals surface area contributed by atoms with Gasteiger partial charge in [-0.1, -0.05) is 30.3 Å². The van der Waals surface area contributed by atoms with Gasteiger partial charge in [-0.15, -0.1) is 0 Å². The van der Waals surface area contributed by atoms with Crippen LogP contribution in [0, 0.1) is 0 Å². The van der Waals surface area contributed by atoms with Crippen molar-refractivity contribution in [1.29, 1.82) is 0 Å².